The van der Waals surface area contributed by atoms with Gasteiger partial charge in [-0.25, -0.2) is 0 Å². The predicted octanol–water partition coefficient (Wildman–Crippen LogP) is 3.78. The summed E-state index contributed by atoms with van der Waals surface area (Å²) in [5.41, 5.74) is 11.8. The second-order valence-corrected chi connectivity index (χ2v) is 8.50. The summed E-state index contributed by atoms with van der Waals surface area (Å²) in [7, 11) is 0. The first-order valence-electron chi connectivity index (χ1n) is 10.1. The lowest BCUT2D eigenvalue weighted by Crippen LogP contribution is -2.40. The highest BCUT2D eigenvalue weighted by Crippen LogP contribution is 2.40. The van der Waals surface area contributed by atoms with Crippen LogP contribution in [0, 0.1) is 5.92 Å². The van der Waals surface area contributed by atoms with E-state index in [0.717, 1.165) is 31.6 Å². The van der Waals surface area contributed by atoms with Crippen molar-refractivity contribution in [2.24, 2.45) is 11.7 Å². The maximum Gasteiger partial charge on any atom is 0.0611 e. The fourth-order valence-electron chi connectivity index (χ4n) is 4.85. The summed E-state index contributed by atoms with van der Waals surface area (Å²) in [6, 6.07) is 11.3. The van der Waals surface area contributed by atoms with Crippen LogP contribution >= 0.6 is 0 Å². The third-order valence-corrected chi connectivity index (χ3v) is 6.55. The van der Waals surface area contributed by atoms with E-state index in [1.807, 2.05) is 18.5 Å². The van der Waals surface area contributed by atoms with Gasteiger partial charge in [-0.2, -0.15) is 0 Å². The molecular formula is C23H30N2O. The number of hydrogen-bond acceptors (Lipinski definition) is 3. The Morgan fingerprint density at radius 1 is 1.19 bits per heavy atom. The Bertz CT molecular complexity index is 745. The van der Waals surface area contributed by atoms with Crippen molar-refractivity contribution in [1.82, 2.24) is 4.98 Å². The van der Waals surface area contributed by atoms with Crippen molar-refractivity contribution in [1.29, 1.82) is 0 Å². The highest BCUT2D eigenvalue weighted by atomic mass is 16.3. The molecule has 0 aliphatic heterocycles. The minimum absolute atomic E-state index is 0.104. The normalized spacial score (nSPS) is 28.1. The Hall–Kier alpha value is -1.71. The van der Waals surface area contributed by atoms with Gasteiger partial charge in [-0.05, 0) is 91.5 Å². The average Bonchev–Trinajstić information content (AvgIpc) is 3.09. The fourth-order valence-corrected chi connectivity index (χ4v) is 4.85. The molecule has 138 valence electrons. The number of nitrogens with two attached hydrogens (primary N) is 1. The lowest BCUT2D eigenvalue weighted by Gasteiger charge is -2.26. The largest absolute Gasteiger partial charge is 0.394 e. The second kappa shape index (κ2) is 7.50. The summed E-state index contributed by atoms with van der Waals surface area (Å²) in [6.45, 7) is 0.104. The van der Waals surface area contributed by atoms with Crippen molar-refractivity contribution in [2.45, 2.75) is 62.8 Å². The second-order valence-electron chi connectivity index (χ2n) is 8.50. The molecule has 0 radical (unpaired) electrons. The Morgan fingerprint density at radius 2 is 2.12 bits per heavy atom. The van der Waals surface area contributed by atoms with Gasteiger partial charge in [0.1, 0.15) is 0 Å². The number of nitrogens with zero attached hydrogens (tertiary/aromatic N) is 1. The van der Waals surface area contributed by atoms with Crippen LogP contribution in [-0.4, -0.2) is 22.2 Å². The SMILES string of the molecule is N[C@]1(CO)CC[C@H](c2ccc3c(c2)CCC(CCc2cccnc2)C3)C1. The Morgan fingerprint density at radius 3 is 2.88 bits per heavy atom. The molecule has 2 aliphatic carbocycles. The van der Waals surface area contributed by atoms with Crippen molar-refractivity contribution in [2.75, 3.05) is 6.61 Å². The third kappa shape index (κ3) is 3.84. The molecule has 1 aromatic carbocycles. The molecule has 0 spiro atoms. The van der Waals surface area contributed by atoms with Crippen LogP contribution in [0.5, 0.6) is 0 Å². The quantitative estimate of drug-likeness (QED) is 0.863. The van der Waals surface area contributed by atoms with E-state index in [0.29, 0.717) is 5.92 Å². The highest BCUT2D eigenvalue weighted by molar-refractivity contribution is 5.36. The van der Waals surface area contributed by atoms with Gasteiger partial charge in [0.2, 0.25) is 0 Å². The fraction of sp³-hybridized carbons (Fsp3) is 0.522. The minimum Gasteiger partial charge on any atom is -0.394 e. The maximum absolute atomic E-state index is 9.52. The first-order valence-corrected chi connectivity index (χ1v) is 10.1. The smallest absolute Gasteiger partial charge is 0.0611 e. The molecule has 0 saturated heterocycles. The third-order valence-electron chi connectivity index (χ3n) is 6.55. The number of aryl methyl sites for hydroxylation is 2. The molecule has 4 rings (SSSR count). The van der Waals surface area contributed by atoms with Gasteiger partial charge in [-0.15, -0.1) is 0 Å². The summed E-state index contributed by atoms with van der Waals surface area (Å²) in [4.78, 5) is 4.22. The van der Waals surface area contributed by atoms with E-state index in [9.17, 15) is 5.11 Å². The van der Waals surface area contributed by atoms with E-state index in [-0.39, 0.29) is 12.1 Å². The van der Waals surface area contributed by atoms with Crippen molar-refractivity contribution < 1.29 is 5.11 Å². The number of benzene rings is 1. The number of fused-ring (bicyclic) bond motifs is 1. The molecule has 1 heterocycles. The molecule has 3 nitrogen and oxygen atoms in total. The lowest BCUT2D eigenvalue weighted by atomic mass is 9.79. The highest BCUT2D eigenvalue weighted by Gasteiger charge is 2.36. The minimum atomic E-state index is -0.363. The predicted molar refractivity (Wildman–Crippen MR) is 105 cm³/mol. The van der Waals surface area contributed by atoms with Crippen LogP contribution in [0.2, 0.25) is 0 Å². The Labute approximate surface area is 156 Å². The molecule has 3 heteroatoms. The van der Waals surface area contributed by atoms with Crippen LogP contribution < -0.4 is 5.73 Å². The molecule has 26 heavy (non-hydrogen) atoms. The van der Waals surface area contributed by atoms with Crippen molar-refractivity contribution >= 4 is 0 Å². The molecule has 0 bridgehead atoms. The number of hydrogen-bond donors (Lipinski definition) is 2. The average molecular weight is 351 g/mol. The first kappa shape index (κ1) is 17.7. The number of pyridine rings is 1. The topological polar surface area (TPSA) is 59.1 Å². The van der Waals surface area contributed by atoms with Crippen LogP contribution in [0.3, 0.4) is 0 Å². The molecule has 2 aliphatic rings. The number of rotatable bonds is 5. The van der Waals surface area contributed by atoms with E-state index < -0.39 is 0 Å². The standard InChI is InChI=1S/C23H30N2O/c24-23(16-26)10-9-22(14-23)21-8-7-19-12-17(5-6-20(19)13-21)3-4-18-2-1-11-25-15-18/h1-2,7-8,11,13,15,17,22,26H,3-6,9-10,12,14,16,24H2/t17?,22-,23+/m0/s1. The van der Waals surface area contributed by atoms with Crippen molar-refractivity contribution in [3.63, 3.8) is 0 Å². The lowest BCUT2D eigenvalue weighted by molar-refractivity contribution is 0.198. The van der Waals surface area contributed by atoms with Gasteiger partial charge >= 0.3 is 0 Å². The number of aromatic nitrogens is 1. The molecule has 2 aromatic rings. The van der Waals surface area contributed by atoms with Crippen molar-refractivity contribution in [3.05, 3.63) is 65.0 Å². The van der Waals surface area contributed by atoms with Crippen LogP contribution in [0.1, 0.15) is 60.3 Å². The van der Waals surface area contributed by atoms with Crippen LogP contribution in [0.15, 0.2) is 42.7 Å². The van der Waals surface area contributed by atoms with E-state index in [1.54, 1.807) is 5.56 Å². The van der Waals surface area contributed by atoms with Gasteiger partial charge < -0.3 is 10.8 Å². The summed E-state index contributed by atoms with van der Waals surface area (Å²) in [5, 5.41) is 9.52. The molecule has 1 saturated carbocycles. The molecule has 1 aromatic heterocycles. The monoisotopic (exact) mass is 350 g/mol. The van der Waals surface area contributed by atoms with E-state index in [4.69, 9.17) is 5.73 Å². The number of aliphatic hydroxyl groups excluding tert-OH is 1. The van der Waals surface area contributed by atoms with Gasteiger partial charge in [0.25, 0.3) is 0 Å². The van der Waals surface area contributed by atoms with E-state index in [2.05, 4.69) is 29.2 Å². The van der Waals surface area contributed by atoms with E-state index >= 15 is 0 Å². The molecule has 3 N–H and O–H groups in total. The van der Waals surface area contributed by atoms with Crippen molar-refractivity contribution in [3.8, 4) is 0 Å². The van der Waals surface area contributed by atoms with Crippen LogP contribution in [0.4, 0.5) is 0 Å². The van der Waals surface area contributed by atoms with Crippen LogP contribution in [-0.2, 0) is 19.3 Å². The zero-order chi connectivity index (χ0) is 18.0. The summed E-state index contributed by atoms with van der Waals surface area (Å²) >= 11 is 0. The van der Waals surface area contributed by atoms with E-state index in [1.165, 1.54) is 42.4 Å². The van der Waals surface area contributed by atoms with Gasteiger partial charge in [0.15, 0.2) is 0 Å². The summed E-state index contributed by atoms with van der Waals surface area (Å²) in [5.74, 6) is 1.30. The molecule has 1 fully saturated rings. The molecule has 1 unspecified atom stereocenters. The first-order chi connectivity index (χ1) is 12.6. The van der Waals surface area contributed by atoms with Gasteiger partial charge in [-0.3, -0.25) is 4.98 Å². The van der Waals surface area contributed by atoms with Gasteiger partial charge in [0, 0.05) is 17.9 Å². The number of aliphatic hydroxyl groups is 1. The van der Waals surface area contributed by atoms with Crippen LogP contribution in [0.25, 0.3) is 0 Å². The molecule has 0 amide bonds. The zero-order valence-corrected chi connectivity index (χ0v) is 15.5. The summed E-state index contributed by atoms with van der Waals surface area (Å²) < 4.78 is 0. The van der Waals surface area contributed by atoms with Gasteiger partial charge in [0.05, 0.1) is 6.61 Å². The molecule has 3 atom stereocenters. The Kier molecular flexibility index (Phi) is 5.10. The molecular weight excluding hydrogens is 320 g/mol. The summed E-state index contributed by atoms with van der Waals surface area (Å²) in [6.07, 6.45) is 12.9. The zero-order valence-electron chi connectivity index (χ0n) is 15.5. The van der Waals surface area contributed by atoms with Gasteiger partial charge in [-0.1, -0.05) is 24.3 Å². The Balaban J connectivity index is 1.38. The maximum atomic E-state index is 9.52.